The summed E-state index contributed by atoms with van der Waals surface area (Å²) >= 11 is 0. The predicted octanol–water partition coefficient (Wildman–Crippen LogP) is 2.01. The van der Waals surface area contributed by atoms with Crippen molar-refractivity contribution >= 4 is 0 Å². The lowest BCUT2D eigenvalue weighted by Crippen LogP contribution is -2.37. The Kier molecular flexibility index (Phi) is 5.89. The van der Waals surface area contributed by atoms with Gasteiger partial charge in [-0.2, -0.15) is 18.4 Å². The van der Waals surface area contributed by atoms with Crippen LogP contribution >= 0.6 is 0 Å². The van der Waals surface area contributed by atoms with Gasteiger partial charge in [-0.15, -0.1) is 0 Å². The van der Waals surface area contributed by atoms with Gasteiger partial charge in [0.15, 0.2) is 5.92 Å². The van der Waals surface area contributed by atoms with Crippen LogP contribution in [0.1, 0.15) is 19.8 Å². The molecule has 1 saturated heterocycles. The molecule has 1 rings (SSSR count). The van der Waals surface area contributed by atoms with E-state index in [1.54, 1.807) is 0 Å². The van der Waals surface area contributed by atoms with Gasteiger partial charge in [-0.05, 0) is 38.4 Å². The standard InChI is InChI=1S/C12H20F3N3/c1-10(9-18-4-2-3-5-18)7-17-8-11(6-16)12(13,14)15/h10-11,17H,2-5,7-9H2,1H3. The fourth-order valence-corrected chi connectivity index (χ4v) is 2.18. The van der Waals surface area contributed by atoms with E-state index in [4.69, 9.17) is 5.26 Å². The summed E-state index contributed by atoms with van der Waals surface area (Å²) in [6, 6.07) is 1.29. The van der Waals surface area contributed by atoms with Crippen LogP contribution in [0.3, 0.4) is 0 Å². The van der Waals surface area contributed by atoms with Crippen LogP contribution in [0.5, 0.6) is 0 Å². The van der Waals surface area contributed by atoms with Crippen molar-refractivity contribution in [2.45, 2.75) is 25.9 Å². The first-order chi connectivity index (χ1) is 8.43. The molecule has 0 amide bonds. The number of nitrogens with one attached hydrogen (secondary N) is 1. The molecule has 1 fully saturated rings. The summed E-state index contributed by atoms with van der Waals surface area (Å²) in [5.74, 6) is -1.60. The van der Waals surface area contributed by atoms with Crippen LogP contribution in [0, 0.1) is 23.2 Å². The second kappa shape index (κ2) is 6.95. The highest BCUT2D eigenvalue weighted by molar-refractivity contribution is 4.90. The van der Waals surface area contributed by atoms with Gasteiger partial charge in [-0.3, -0.25) is 0 Å². The average molecular weight is 263 g/mol. The van der Waals surface area contributed by atoms with Crippen molar-refractivity contribution in [3.8, 4) is 6.07 Å². The Hall–Kier alpha value is -0.800. The maximum absolute atomic E-state index is 12.3. The number of nitrogens with zero attached hydrogens (tertiary/aromatic N) is 2. The number of likely N-dealkylation sites (tertiary alicyclic amines) is 1. The summed E-state index contributed by atoms with van der Waals surface area (Å²) in [6.07, 6.45) is -2.00. The Balaban J connectivity index is 2.18. The van der Waals surface area contributed by atoms with Crippen LogP contribution in [-0.2, 0) is 0 Å². The van der Waals surface area contributed by atoms with Crippen molar-refractivity contribution in [3.63, 3.8) is 0 Å². The fraction of sp³-hybridized carbons (Fsp3) is 0.917. The summed E-state index contributed by atoms with van der Waals surface area (Å²) in [5, 5.41) is 11.2. The lowest BCUT2D eigenvalue weighted by Gasteiger charge is -2.21. The molecule has 0 aromatic carbocycles. The number of nitriles is 1. The van der Waals surface area contributed by atoms with E-state index in [9.17, 15) is 13.2 Å². The minimum absolute atomic E-state index is 0.302. The topological polar surface area (TPSA) is 39.1 Å². The molecule has 0 aliphatic carbocycles. The highest BCUT2D eigenvalue weighted by Gasteiger charge is 2.39. The van der Waals surface area contributed by atoms with Crippen molar-refractivity contribution in [2.24, 2.45) is 11.8 Å². The predicted molar refractivity (Wildman–Crippen MR) is 62.9 cm³/mol. The smallest absolute Gasteiger partial charge is 0.315 e. The van der Waals surface area contributed by atoms with Crippen LogP contribution in [0.25, 0.3) is 0 Å². The van der Waals surface area contributed by atoms with Gasteiger partial charge in [0.05, 0.1) is 6.07 Å². The van der Waals surface area contributed by atoms with Crippen LogP contribution in [-0.4, -0.2) is 43.8 Å². The number of hydrogen-bond donors (Lipinski definition) is 1. The second-order valence-electron chi connectivity index (χ2n) is 4.99. The highest BCUT2D eigenvalue weighted by atomic mass is 19.4. The van der Waals surface area contributed by atoms with Gasteiger partial charge >= 0.3 is 6.18 Å². The Morgan fingerprint density at radius 1 is 1.28 bits per heavy atom. The molecule has 1 aliphatic rings. The van der Waals surface area contributed by atoms with E-state index >= 15 is 0 Å². The second-order valence-corrected chi connectivity index (χ2v) is 4.99. The summed E-state index contributed by atoms with van der Waals surface area (Å²) < 4.78 is 36.9. The molecule has 2 atom stereocenters. The largest absolute Gasteiger partial charge is 0.405 e. The number of alkyl halides is 3. The zero-order valence-electron chi connectivity index (χ0n) is 10.6. The third kappa shape index (κ3) is 5.23. The normalized spacial score (nSPS) is 20.6. The molecule has 0 saturated carbocycles. The molecule has 3 nitrogen and oxygen atoms in total. The minimum Gasteiger partial charge on any atom is -0.315 e. The van der Waals surface area contributed by atoms with Gasteiger partial charge in [0.1, 0.15) is 0 Å². The average Bonchev–Trinajstić information content (AvgIpc) is 2.75. The number of halogens is 3. The number of hydrogen-bond acceptors (Lipinski definition) is 3. The third-order valence-corrected chi connectivity index (χ3v) is 3.16. The molecular weight excluding hydrogens is 243 g/mol. The molecule has 104 valence electrons. The van der Waals surface area contributed by atoms with E-state index in [2.05, 4.69) is 10.2 Å². The van der Waals surface area contributed by atoms with Crippen LogP contribution in [0.4, 0.5) is 13.2 Å². The van der Waals surface area contributed by atoms with E-state index in [0.29, 0.717) is 12.5 Å². The zero-order valence-corrected chi connectivity index (χ0v) is 10.6. The summed E-state index contributed by atoms with van der Waals surface area (Å²) in [5.41, 5.74) is 0. The van der Waals surface area contributed by atoms with Gasteiger partial charge < -0.3 is 10.2 Å². The molecule has 1 heterocycles. The fourth-order valence-electron chi connectivity index (χ4n) is 2.18. The van der Waals surface area contributed by atoms with Crippen molar-refractivity contribution in [2.75, 3.05) is 32.7 Å². The first-order valence-electron chi connectivity index (χ1n) is 6.33. The van der Waals surface area contributed by atoms with E-state index in [1.807, 2.05) is 6.92 Å². The van der Waals surface area contributed by atoms with E-state index in [1.165, 1.54) is 18.9 Å². The van der Waals surface area contributed by atoms with Crippen molar-refractivity contribution in [3.05, 3.63) is 0 Å². The molecule has 1 aliphatic heterocycles. The molecule has 0 bridgehead atoms. The lowest BCUT2D eigenvalue weighted by atomic mass is 10.1. The van der Waals surface area contributed by atoms with Crippen LogP contribution in [0.15, 0.2) is 0 Å². The Labute approximate surface area is 106 Å². The SMILES string of the molecule is CC(CNCC(C#N)C(F)(F)F)CN1CCCC1. The first-order valence-corrected chi connectivity index (χ1v) is 6.33. The summed E-state index contributed by atoms with van der Waals surface area (Å²) in [4.78, 5) is 2.33. The van der Waals surface area contributed by atoms with Crippen molar-refractivity contribution in [1.82, 2.24) is 10.2 Å². The van der Waals surface area contributed by atoms with Crippen molar-refractivity contribution < 1.29 is 13.2 Å². The minimum atomic E-state index is -4.43. The molecule has 0 radical (unpaired) electrons. The van der Waals surface area contributed by atoms with E-state index in [-0.39, 0.29) is 6.54 Å². The zero-order chi connectivity index (χ0) is 13.6. The monoisotopic (exact) mass is 263 g/mol. The van der Waals surface area contributed by atoms with Gasteiger partial charge in [-0.1, -0.05) is 6.92 Å². The Morgan fingerprint density at radius 2 is 1.89 bits per heavy atom. The van der Waals surface area contributed by atoms with Gasteiger partial charge in [-0.25, -0.2) is 0 Å². The quantitative estimate of drug-likeness (QED) is 0.796. The summed E-state index contributed by atoms with van der Waals surface area (Å²) in [6.45, 7) is 5.31. The first kappa shape index (κ1) is 15.3. The Bertz CT molecular complexity index is 279. The van der Waals surface area contributed by atoms with E-state index < -0.39 is 12.1 Å². The molecule has 2 unspecified atom stereocenters. The van der Waals surface area contributed by atoms with Crippen molar-refractivity contribution in [1.29, 1.82) is 5.26 Å². The lowest BCUT2D eigenvalue weighted by molar-refractivity contribution is -0.157. The van der Waals surface area contributed by atoms with Gasteiger partial charge in [0.25, 0.3) is 0 Å². The molecule has 0 aromatic rings. The maximum atomic E-state index is 12.3. The van der Waals surface area contributed by atoms with Crippen LogP contribution in [0.2, 0.25) is 0 Å². The summed E-state index contributed by atoms with van der Waals surface area (Å²) in [7, 11) is 0. The molecule has 18 heavy (non-hydrogen) atoms. The van der Waals surface area contributed by atoms with Gasteiger partial charge in [0, 0.05) is 13.1 Å². The molecule has 1 N–H and O–H groups in total. The molecule has 6 heteroatoms. The Morgan fingerprint density at radius 3 is 2.39 bits per heavy atom. The number of rotatable bonds is 6. The van der Waals surface area contributed by atoms with Crippen LogP contribution < -0.4 is 5.32 Å². The molecule has 0 spiro atoms. The van der Waals surface area contributed by atoms with Gasteiger partial charge in [0.2, 0.25) is 0 Å². The third-order valence-electron chi connectivity index (χ3n) is 3.16. The maximum Gasteiger partial charge on any atom is 0.405 e. The highest BCUT2D eigenvalue weighted by Crippen LogP contribution is 2.24. The molecular formula is C12H20F3N3. The van der Waals surface area contributed by atoms with E-state index in [0.717, 1.165) is 19.6 Å². The molecule has 0 aromatic heterocycles.